The lowest BCUT2D eigenvalue weighted by Crippen LogP contribution is -2.17. The Labute approximate surface area is 156 Å². The summed E-state index contributed by atoms with van der Waals surface area (Å²) in [4.78, 5) is 27.1. The van der Waals surface area contributed by atoms with Crippen LogP contribution in [-0.4, -0.2) is 32.7 Å². The first-order chi connectivity index (χ1) is 13.0. The SMILES string of the molecule is Cc1cc(/C=N\NC(=O)c2ccncc2)c(C)n1-c1cccc(C(=O)O)c1. The van der Waals surface area contributed by atoms with Crippen molar-refractivity contribution in [2.45, 2.75) is 13.8 Å². The largest absolute Gasteiger partial charge is 0.478 e. The van der Waals surface area contributed by atoms with Crippen LogP contribution in [0.5, 0.6) is 0 Å². The number of hydrogen-bond acceptors (Lipinski definition) is 4. The molecule has 0 fully saturated rings. The van der Waals surface area contributed by atoms with E-state index in [1.807, 2.05) is 30.5 Å². The highest BCUT2D eigenvalue weighted by Crippen LogP contribution is 2.20. The molecule has 0 aliphatic carbocycles. The number of nitrogens with one attached hydrogen (secondary N) is 1. The number of pyridine rings is 1. The number of hydrazone groups is 1. The third-order valence-electron chi connectivity index (χ3n) is 4.13. The highest BCUT2D eigenvalue weighted by atomic mass is 16.4. The minimum absolute atomic E-state index is 0.222. The lowest BCUT2D eigenvalue weighted by atomic mass is 10.2. The van der Waals surface area contributed by atoms with Gasteiger partial charge in [-0.2, -0.15) is 5.10 Å². The Morgan fingerprint density at radius 2 is 1.85 bits per heavy atom. The second kappa shape index (κ2) is 7.65. The van der Waals surface area contributed by atoms with Gasteiger partial charge in [0.05, 0.1) is 11.8 Å². The minimum atomic E-state index is -0.972. The number of aromatic carboxylic acids is 1. The number of hydrogen-bond donors (Lipinski definition) is 2. The number of benzene rings is 1. The summed E-state index contributed by atoms with van der Waals surface area (Å²) >= 11 is 0. The van der Waals surface area contributed by atoms with E-state index in [0.717, 1.165) is 22.6 Å². The van der Waals surface area contributed by atoms with Gasteiger partial charge in [-0.3, -0.25) is 9.78 Å². The second-order valence-corrected chi connectivity index (χ2v) is 5.95. The Bertz CT molecular complexity index is 1020. The summed E-state index contributed by atoms with van der Waals surface area (Å²) < 4.78 is 1.94. The van der Waals surface area contributed by atoms with Crippen molar-refractivity contribution in [3.05, 3.63) is 82.9 Å². The Morgan fingerprint density at radius 3 is 2.56 bits per heavy atom. The van der Waals surface area contributed by atoms with Gasteiger partial charge in [-0.05, 0) is 50.2 Å². The van der Waals surface area contributed by atoms with Gasteiger partial charge in [-0.15, -0.1) is 0 Å². The molecule has 0 saturated heterocycles. The maximum Gasteiger partial charge on any atom is 0.335 e. The Balaban J connectivity index is 1.83. The van der Waals surface area contributed by atoms with Crippen LogP contribution in [0.4, 0.5) is 0 Å². The third kappa shape index (κ3) is 3.92. The lowest BCUT2D eigenvalue weighted by molar-refractivity contribution is 0.0696. The fourth-order valence-electron chi connectivity index (χ4n) is 2.82. The van der Waals surface area contributed by atoms with Crippen molar-refractivity contribution in [3.63, 3.8) is 0 Å². The van der Waals surface area contributed by atoms with Crippen molar-refractivity contribution in [2.75, 3.05) is 0 Å². The van der Waals surface area contributed by atoms with Gasteiger partial charge in [-0.1, -0.05) is 6.07 Å². The first kappa shape index (κ1) is 18.1. The molecule has 3 aromatic rings. The summed E-state index contributed by atoms with van der Waals surface area (Å²) in [5, 5.41) is 13.2. The van der Waals surface area contributed by atoms with Crippen LogP contribution in [0.1, 0.15) is 37.7 Å². The van der Waals surface area contributed by atoms with Gasteiger partial charge < -0.3 is 9.67 Å². The number of aryl methyl sites for hydroxylation is 1. The molecule has 0 aliphatic rings. The van der Waals surface area contributed by atoms with Gasteiger partial charge in [-0.25, -0.2) is 10.2 Å². The molecule has 2 heterocycles. The molecule has 27 heavy (non-hydrogen) atoms. The molecule has 2 aromatic heterocycles. The average Bonchev–Trinajstić information content (AvgIpc) is 2.96. The molecule has 7 nitrogen and oxygen atoms in total. The molecule has 0 saturated carbocycles. The number of carboxylic acid groups (broad SMARTS) is 1. The van der Waals surface area contributed by atoms with Crippen LogP contribution in [0, 0.1) is 13.8 Å². The van der Waals surface area contributed by atoms with E-state index in [0.29, 0.717) is 5.56 Å². The van der Waals surface area contributed by atoms with Crippen LogP contribution in [0.15, 0.2) is 60.0 Å². The Morgan fingerprint density at radius 1 is 1.11 bits per heavy atom. The van der Waals surface area contributed by atoms with Gasteiger partial charge in [0.1, 0.15) is 0 Å². The molecular weight excluding hydrogens is 344 g/mol. The normalized spacial score (nSPS) is 10.9. The number of amides is 1. The van der Waals surface area contributed by atoms with Crippen LogP contribution in [0.2, 0.25) is 0 Å². The van der Waals surface area contributed by atoms with Crippen molar-refractivity contribution in [2.24, 2.45) is 5.10 Å². The third-order valence-corrected chi connectivity index (χ3v) is 4.13. The number of carbonyl (C=O) groups is 2. The van der Waals surface area contributed by atoms with Gasteiger partial charge >= 0.3 is 5.97 Å². The maximum absolute atomic E-state index is 12.0. The zero-order chi connectivity index (χ0) is 19.4. The van der Waals surface area contributed by atoms with Gasteiger partial charge in [0.2, 0.25) is 0 Å². The smallest absolute Gasteiger partial charge is 0.335 e. The molecule has 3 rings (SSSR count). The first-order valence-corrected chi connectivity index (χ1v) is 8.23. The molecule has 2 N–H and O–H groups in total. The van der Waals surface area contributed by atoms with E-state index in [4.69, 9.17) is 0 Å². The fourth-order valence-corrected chi connectivity index (χ4v) is 2.82. The molecule has 0 aliphatic heterocycles. The topological polar surface area (TPSA) is 96.6 Å². The second-order valence-electron chi connectivity index (χ2n) is 5.95. The zero-order valence-electron chi connectivity index (χ0n) is 14.9. The van der Waals surface area contributed by atoms with Crippen LogP contribution in [-0.2, 0) is 0 Å². The van der Waals surface area contributed by atoms with E-state index in [1.54, 1.807) is 36.5 Å². The van der Waals surface area contributed by atoms with E-state index < -0.39 is 5.97 Å². The Hall–Kier alpha value is -3.74. The van der Waals surface area contributed by atoms with Crippen molar-refractivity contribution < 1.29 is 14.7 Å². The van der Waals surface area contributed by atoms with Crippen LogP contribution >= 0.6 is 0 Å². The molecule has 1 aromatic carbocycles. The van der Waals surface area contributed by atoms with Crippen molar-refractivity contribution >= 4 is 18.1 Å². The van der Waals surface area contributed by atoms with Gasteiger partial charge in [0, 0.05) is 40.6 Å². The summed E-state index contributed by atoms with van der Waals surface area (Å²) in [6, 6.07) is 11.9. The molecule has 0 spiro atoms. The zero-order valence-corrected chi connectivity index (χ0v) is 14.9. The van der Waals surface area contributed by atoms with Crippen molar-refractivity contribution in [3.8, 4) is 5.69 Å². The van der Waals surface area contributed by atoms with E-state index >= 15 is 0 Å². The first-order valence-electron chi connectivity index (χ1n) is 8.23. The van der Waals surface area contributed by atoms with Gasteiger partial charge in [0.15, 0.2) is 0 Å². The standard InChI is InChI=1S/C20H18N4O3/c1-13-10-17(12-22-23-19(25)15-6-8-21-9-7-15)14(2)24(13)18-5-3-4-16(11-18)20(26)27/h3-12H,1-2H3,(H,23,25)(H,26,27)/b22-12-. The molecular formula is C20H18N4O3. The molecule has 7 heteroatoms. The average molecular weight is 362 g/mol. The molecule has 0 bridgehead atoms. The molecule has 1 amide bonds. The van der Waals surface area contributed by atoms with Crippen LogP contribution in [0.3, 0.4) is 0 Å². The number of aromatic nitrogens is 2. The predicted molar refractivity (Wildman–Crippen MR) is 101 cm³/mol. The summed E-state index contributed by atoms with van der Waals surface area (Å²) in [5.74, 6) is -1.29. The number of nitrogens with zero attached hydrogens (tertiary/aromatic N) is 3. The maximum atomic E-state index is 12.0. The minimum Gasteiger partial charge on any atom is -0.478 e. The van der Waals surface area contributed by atoms with E-state index in [2.05, 4.69) is 15.5 Å². The number of carbonyl (C=O) groups excluding carboxylic acids is 1. The number of carboxylic acids is 1. The van der Waals surface area contributed by atoms with E-state index in [9.17, 15) is 14.7 Å². The van der Waals surface area contributed by atoms with Gasteiger partial charge in [0.25, 0.3) is 5.91 Å². The predicted octanol–water partition coefficient (Wildman–Crippen LogP) is 2.95. The molecule has 0 radical (unpaired) electrons. The summed E-state index contributed by atoms with van der Waals surface area (Å²) in [6.45, 7) is 3.83. The van der Waals surface area contributed by atoms with Crippen LogP contribution in [0.25, 0.3) is 5.69 Å². The Kier molecular flexibility index (Phi) is 5.12. The summed E-state index contributed by atoms with van der Waals surface area (Å²) in [7, 11) is 0. The summed E-state index contributed by atoms with van der Waals surface area (Å²) in [6.07, 6.45) is 4.65. The molecule has 0 unspecified atom stereocenters. The van der Waals surface area contributed by atoms with Crippen molar-refractivity contribution in [1.29, 1.82) is 0 Å². The van der Waals surface area contributed by atoms with Crippen LogP contribution < -0.4 is 5.43 Å². The lowest BCUT2D eigenvalue weighted by Gasteiger charge is -2.10. The fraction of sp³-hybridized carbons (Fsp3) is 0.100. The highest BCUT2D eigenvalue weighted by Gasteiger charge is 2.11. The molecule has 136 valence electrons. The van der Waals surface area contributed by atoms with E-state index in [-0.39, 0.29) is 11.5 Å². The van der Waals surface area contributed by atoms with E-state index in [1.165, 1.54) is 12.4 Å². The summed E-state index contributed by atoms with van der Waals surface area (Å²) in [5.41, 5.74) is 6.57. The van der Waals surface area contributed by atoms with Crippen molar-refractivity contribution in [1.82, 2.24) is 15.0 Å². The quantitative estimate of drug-likeness (QED) is 0.539. The monoisotopic (exact) mass is 362 g/mol. The number of rotatable bonds is 5. The highest BCUT2D eigenvalue weighted by molar-refractivity contribution is 5.94. The molecule has 0 atom stereocenters.